The van der Waals surface area contributed by atoms with Gasteiger partial charge in [0.25, 0.3) is 0 Å². The van der Waals surface area contributed by atoms with Gasteiger partial charge >= 0.3 is 0 Å². The second-order valence-corrected chi connectivity index (χ2v) is 7.63. The first-order valence-corrected chi connectivity index (χ1v) is 9.55. The van der Waals surface area contributed by atoms with Crippen LogP contribution in [0.15, 0.2) is 29.3 Å². The molecule has 1 fully saturated rings. The molecule has 0 saturated carbocycles. The molecule has 0 radical (unpaired) electrons. The van der Waals surface area contributed by atoms with Crippen LogP contribution in [0.1, 0.15) is 24.4 Å². The highest BCUT2D eigenvalue weighted by Crippen LogP contribution is 2.25. The summed E-state index contributed by atoms with van der Waals surface area (Å²) in [5.41, 5.74) is 1.26. The van der Waals surface area contributed by atoms with Crippen molar-refractivity contribution in [1.82, 2.24) is 15.5 Å². The molecule has 5 nitrogen and oxygen atoms in total. The van der Waals surface area contributed by atoms with Gasteiger partial charge < -0.3 is 20.3 Å². The topological polar surface area (TPSA) is 48.9 Å². The van der Waals surface area contributed by atoms with Crippen LogP contribution in [-0.4, -0.2) is 63.2 Å². The summed E-state index contributed by atoms with van der Waals surface area (Å²) < 4.78 is 5.25. The molecule has 0 amide bonds. The zero-order chi connectivity index (χ0) is 17.4. The first-order valence-electron chi connectivity index (χ1n) is 8.50. The van der Waals surface area contributed by atoms with E-state index < -0.39 is 0 Å². The number of ether oxygens (including phenoxy) is 1. The van der Waals surface area contributed by atoms with Crippen molar-refractivity contribution in [2.75, 3.05) is 47.1 Å². The van der Waals surface area contributed by atoms with Gasteiger partial charge in [0.05, 0.1) is 13.2 Å². The summed E-state index contributed by atoms with van der Waals surface area (Å²) >= 11 is 2.06. The molecular formula is C18H30N4OS. The highest BCUT2D eigenvalue weighted by Gasteiger charge is 2.17. The fraction of sp³-hybridized carbons (Fsp3) is 0.611. The van der Waals surface area contributed by atoms with Crippen LogP contribution in [0.25, 0.3) is 0 Å². The van der Waals surface area contributed by atoms with Gasteiger partial charge in [-0.05, 0) is 50.4 Å². The number of hydrogen-bond donors (Lipinski definition) is 2. The molecule has 1 aromatic rings. The van der Waals surface area contributed by atoms with Gasteiger partial charge in [0, 0.05) is 25.4 Å². The molecule has 0 aromatic heterocycles. The van der Waals surface area contributed by atoms with E-state index in [0.29, 0.717) is 0 Å². The molecule has 134 valence electrons. The number of guanidine groups is 1. The molecule has 24 heavy (non-hydrogen) atoms. The van der Waals surface area contributed by atoms with Gasteiger partial charge in [-0.2, -0.15) is 11.8 Å². The molecule has 1 aliphatic heterocycles. The SMILES string of the molecule is CN=C(NCC1CCCS1)NCC(c1ccc(OC)cc1)N(C)C. The monoisotopic (exact) mass is 350 g/mol. The van der Waals surface area contributed by atoms with Crippen LogP contribution in [0, 0.1) is 0 Å². The molecule has 0 spiro atoms. The van der Waals surface area contributed by atoms with Crippen molar-refractivity contribution in [3.8, 4) is 5.75 Å². The average molecular weight is 351 g/mol. The van der Waals surface area contributed by atoms with Crippen LogP contribution < -0.4 is 15.4 Å². The number of nitrogens with one attached hydrogen (secondary N) is 2. The first kappa shape index (κ1) is 18.9. The summed E-state index contributed by atoms with van der Waals surface area (Å²) in [7, 11) is 7.72. The fourth-order valence-electron chi connectivity index (χ4n) is 2.85. The van der Waals surface area contributed by atoms with Crippen molar-refractivity contribution in [2.24, 2.45) is 4.99 Å². The van der Waals surface area contributed by atoms with Crippen molar-refractivity contribution in [1.29, 1.82) is 0 Å². The quantitative estimate of drug-likeness (QED) is 0.584. The Hall–Kier alpha value is -1.40. The third-order valence-corrected chi connectivity index (χ3v) is 5.73. The van der Waals surface area contributed by atoms with Crippen LogP contribution in [-0.2, 0) is 0 Å². The summed E-state index contributed by atoms with van der Waals surface area (Å²) in [6.07, 6.45) is 2.64. The Morgan fingerprint density at radius 3 is 2.62 bits per heavy atom. The average Bonchev–Trinajstić information content (AvgIpc) is 3.11. The van der Waals surface area contributed by atoms with E-state index in [9.17, 15) is 0 Å². The Morgan fingerprint density at radius 2 is 2.08 bits per heavy atom. The minimum absolute atomic E-state index is 0.273. The number of rotatable bonds is 7. The van der Waals surface area contributed by atoms with E-state index >= 15 is 0 Å². The molecule has 2 atom stereocenters. The lowest BCUT2D eigenvalue weighted by molar-refractivity contribution is 0.298. The van der Waals surface area contributed by atoms with Gasteiger partial charge in [0.15, 0.2) is 5.96 Å². The number of thioether (sulfide) groups is 1. The molecule has 1 saturated heterocycles. The lowest BCUT2D eigenvalue weighted by Crippen LogP contribution is -2.43. The van der Waals surface area contributed by atoms with Crippen LogP contribution in [0.5, 0.6) is 5.75 Å². The highest BCUT2D eigenvalue weighted by molar-refractivity contribution is 8.00. The molecule has 2 N–H and O–H groups in total. The lowest BCUT2D eigenvalue weighted by atomic mass is 10.1. The van der Waals surface area contributed by atoms with E-state index in [2.05, 4.69) is 58.5 Å². The number of likely N-dealkylation sites (N-methyl/N-ethyl adjacent to an activating group) is 1. The van der Waals surface area contributed by atoms with Gasteiger partial charge in [0.1, 0.15) is 5.75 Å². The molecule has 6 heteroatoms. The molecule has 0 aliphatic carbocycles. The van der Waals surface area contributed by atoms with Crippen LogP contribution >= 0.6 is 11.8 Å². The maximum atomic E-state index is 5.25. The Bertz CT molecular complexity index is 512. The predicted octanol–water partition coefficient (Wildman–Crippen LogP) is 2.36. The van der Waals surface area contributed by atoms with Crippen molar-refractivity contribution in [3.63, 3.8) is 0 Å². The number of aliphatic imine (C=N–C) groups is 1. The zero-order valence-electron chi connectivity index (χ0n) is 15.2. The van der Waals surface area contributed by atoms with Crippen LogP contribution in [0.4, 0.5) is 0 Å². The van der Waals surface area contributed by atoms with Gasteiger partial charge in [-0.25, -0.2) is 0 Å². The van der Waals surface area contributed by atoms with E-state index in [1.54, 1.807) is 7.11 Å². The first-order chi connectivity index (χ1) is 11.6. The molecule has 0 bridgehead atoms. The van der Waals surface area contributed by atoms with Gasteiger partial charge in [-0.3, -0.25) is 4.99 Å². The smallest absolute Gasteiger partial charge is 0.191 e. The zero-order valence-corrected chi connectivity index (χ0v) is 16.0. The normalized spacial score (nSPS) is 19.4. The Labute approximate surface area is 150 Å². The molecule has 2 rings (SSSR count). The van der Waals surface area contributed by atoms with E-state index in [0.717, 1.165) is 30.0 Å². The molecular weight excluding hydrogens is 320 g/mol. The molecule has 2 unspecified atom stereocenters. The highest BCUT2D eigenvalue weighted by atomic mass is 32.2. The summed E-state index contributed by atoms with van der Waals surface area (Å²) in [4.78, 5) is 6.57. The number of hydrogen-bond acceptors (Lipinski definition) is 4. The van der Waals surface area contributed by atoms with Crippen molar-refractivity contribution in [3.05, 3.63) is 29.8 Å². The Morgan fingerprint density at radius 1 is 1.33 bits per heavy atom. The van der Waals surface area contributed by atoms with Crippen molar-refractivity contribution in [2.45, 2.75) is 24.1 Å². The standard InChI is InChI=1S/C18H30N4OS/c1-19-18(20-12-16-6-5-11-24-16)21-13-17(22(2)3)14-7-9-15(23-4)10-8-14/h7-10,16-17H,5-6,11-13H2,1-4H3,(H2,19,20,21). The number of nitrogens with zero attached hydrogens (tertiary/aromatic N) is 2. The van der Waals surface area contributed by atoms with Crippen molar-refractivity contribution >= 4 is 17.7 Å². The van der Waals surface area contributed by atoms with Gasteiger partial charge in [-0.15, -0.1) is 0 Å². The maximum absolute atomic E-state index is 5.25. The van der Waals surface area contributed by atoms with E-state index in [1.165, 1.54) is 24.2 Å². The lowest BCUT2D eigenvalue weighted by Gasteiger charge is -2.26. The van der Waals surface area contributed by atoms with E-state index in [1.807, 2.05) is 19.2 Å². The van der Waals surface area contributed by atoms with Gasteiger partial charge in [0.2, 0.25) is 0 Å². The minimum atomic E-state index is 0.273. The molecule has 1 heterocycles. The predicted molar refractivity (Wildman–Crippen MR) is 104 cm³/mol. The maximum Gasteiger partial charge on any atom is 0.191 e. The van der Waals surface area contributed by atoms with Crippen molar-refractivity contribution < 1.29 is 4.74 Å². The Kier molecular flexibility index (Phi) is 7.72. The third-order valence-electron chi connectivity index (χ3n) is 4.33. The fourth-order valence-corrected chi connectivity index (χ4v) is 4.06. The van der Waals surface area contributed by atoms with Crippen LogP contribution in [0.2, 0.25) is 0 Å². The second-order valence-electron chi connectivity index (χ2n) is 6.22. The van der Waals surface area contributed by atoms with E-state index in [4.69, 9.17) is 4.74 Å². The number of benzene rings is 1. The third kappa shape index (κ3) is 5.60. The summed E-state index contributed by atoms with van der Waals surface area (Å²) in [5, 5.41) is 7.63. The number of methoxy groups -OCH3 is 1. The van der Waals surface area contributed by atoms with Gasteiger partial charge in [-0.1, -0.05) is 12.1 Å². The minimum Gasteiger partial charge on any atom is -0.497 e. The largest absolute Gasteiger partial charge is 0.497 e. The Balaban J connectivity index is 1.88. The summed E-state index contributed by atoms with van der Waals surface area (Å²) in [6.45, 7) is 1.79. The molecule has 1 aliphatic rings. The van der Waals surface area contributed by atoms with Crippen LogP contribution in [0.3, 0.4) is 0 Å². The summed E-state index contributed by atoms with van der Waals surface area (Å²) in [5.74, 6) is 3.05. The van der Waals surface area contributed by atoms with E-state index in [-0.39, 0.29) is 6.04 Å². The summed E-state index contributed by atoms with van der Waals surface area (Å²) in [6, 6.07) is 8.54. The molecule has 1 aromatic carbocycles. The second kappa shape index (κ2) is 9.79.